The zero-order valence-electron chi connectivity index (χ0n) is 8.99. The van der Waals surface area contributed by atoms with Crippen molar-refractivity contribution in [1.29, 1.82) is 0 Å². The number of hydrogen-bond donors (Lipinski definition) is 0. The summed E-state index contributed by atoms with van der Waals surface area (Å²) in [4.78, 5) is 0. The van der Waals surface area contributed by atoms with Gasteiger partial charge >= 0.3 is 87.5 Å². The summed E-state index contributed by atoms with van der Waals surface area (Å²) in [5, 5.41) is 0. The van der Waals surface area contributed by atoms with Crippen LogP contribution in [0.1, 0.15) is 51.4 Å². The van der Waals surface area contributed by atoms with Gasteiger partial charge in [0, 0.05) is 0 Å². The van der Waals surface area contributed by atoms with Crippen LogP contribution in [0.2, 0.25) is 17.7 Å². The van der Waals surface area contributed by atoms with Gasteiger partial charge in [0.05, 0.1) is 0 Å². The van der Waals surface area contributed by atoms with E-state index < -0.39 is 18.4 Å². The summed E-state index contributed by atoms with van der Waals surface area (Å²) in [5.74, 6) is 0. The third-order valence-electron chi connectivity index (χ3n) is 4.33. The summed E-state index contributed by atoms with van der Waals surface area (Å²) in [6.45, 7) is 0. The molecule has 1 spiro atoms. The van der Waals surface area contributed by atoms with Gasteiger partial charge in [0.2, 0.25) is 0 Å². The van der Waals surface area contributed by atoms with Gasteiger partial charge in [-0.2, -0.15) is 0 Å². The van der Waals surface area contributed by atoms with E-state index in [-0.39, 0.29) is 0 Å². The van der Waals surface area contributed by atoms with Crippen molar-refractivity contribution in [1.82, 2.24) is 0 Å². The summed E-state index contributed by atoms with van der Waals surface area (Å²) in [6.07, 6.45) is 12.8. The third kappa shape index (κ3) is 2.87. The molecule has 76 valence electrons. The van der Waals surface area contributed by atoms with Gasteiger partial charge in [0.25, 0.3) is 0 Å². The van der Waals surface area contributed by atoms with Crippen LogP contribution in [0, 0.1) is 0 Å². The van der Waals surface area contributed by atoms with Gasteiger partial charge in [-0.05, 0) is 0 Å². The second kappa shape index (κ2) is 5.04. The van der Waals surface area contributed by atoms with E-state index in [9.17, 15) is 0 Å². The average molecular weight is 287 g/mol. The Kier molecular flexibility index (Phi) is 4.00. The maximum absolute atomic E-state index is 1.77. The molecule has 2 heterocycles. The standard InChI is InChI=1S/2C6H12.Sn/c2*1-3-5-6-4-2;/h2*1-6H2;. The predicted molar refractivity (Wildman–Crippen MR) is 61.9 cm³/mol. The first-order valence-electron chi connectivity index (χ1n) is 6.41. The van der Waals surface area contributed by atoms with Crippen molar-refractivity contribution in [3.05, 3.63) is 0 Å². The molecule has 0 aromatic rings. The minimum absolute atomic E-state index is 1.44. The van der Waals surface area contributed by atoms with Crippen LogP contribution < -0.4 is 0 Å². The Labute approximate surface area is 87.4 Å². The fraction of sp³-hybridized carbons (Fsp3) is 1.00. The summed E-state index contributed by atoms with van der Waals surface area (Å²) >= 11 is -1.44. The Balaban J connectivity index is 1.97. The Morgan fingerprint density at radius 3 is 1.00 bits per heavy atom. The second-order valence-electron chi connectivity index (χ2n) is 5.33. The minimum atomic E-state index is -1.44. The molecule has 0 radical (unpaired) electrons. The summed E-state index contributed by atoms with van der Waals surface area (Å²) in [6, 6.07) is 0. The quantitative estimate of drug-likeness (QED) is 0.572. The normalized spacial score (nSPS) is 29.5. The summed E-state index contributed by atoms with van der Waals surface area (Å²) < 4.78 is 7.09. The average Bonchev–Trinajstić information content (AvgIpc) is 2.50. The van der Waals surface area contributed by atoms with Crippen LogP contribution in [0.3, 0.4) is 0 Å². The molecule has 0 unspecified atom stereocenters. The molecule has 2 aliphatic heterocycles. The van der Waals surface area contributed by atoms with Crippen LogP contribution >= 0.6 is 0 Å². The van der Waals surface area contributed by atoms with Crippen LogP contribution in [-0.2, 0) is 0 Å². The van der Waals surface area contributed by atoms with E-state index in [2.05, 4.69) is 0 Å². The molecule has 2 saturated heterocycles. The Bertz CT molecular complexity index is 116. The molecular weight excluding hydrogens is 263 g/mol. The molecule has 1 heteroatoms. The van der Waals surface area contributed by atoms with Crippen LogP contribution in [-0.4, -0.2) is 18.4 Å². The van der Waals surface area contributed by atoms with Gasteiger partial charge in [-0.25, -0.2) is 0 Å². The van der Waals surface area contributed by atoms with Crippen molar-refractivity contribution in [2.45, 2.75) is 69.1 Å². The molecule has 0 bridgehead atoms. The molecule has 2 fully saturated rings. The van der Waals surface area contributed by atoms with E-state index in [1.807, 2.05) is 0 Å². The predicted octanol–water partition coefficient (Wildman–Crippen LogP) is 4.58. The zero-order chi connectivity index (χ0) is 8.99. The molecule has 0 aromatic heterocycles. The van der Waals surface area contributed by atoms with Crippen molar-refractivity contribution < 1.29 is 0 Å². The fourth-order valence-corrected chi connectivity index (χ4v) is 19.2. The van der Waals surface area contributed by atoms with Crippen LogP contribution in [0.25, 0.3) is 0 Å². The van der Waals surface area contributed by atoms with Gasteiger partial charge < -0.3 is 0 Å². The molecule has 0 aromatic carbocycles. The molecular formula is C12H24Sn. The topological polar surface area (TPSA) is 0 Å². The number of rotatable bonds is 0. The molecule has 13 heavy (non-hydrogen) atoms. The molecule has 2 rings (SSSR count). The first-order chi connectivity index (χ1) is 6.41. The van der Waals surface area contributed by atoms with E-state index in [1.165, 1.54) is 0 Å². The molecule has 2 aliphatic rings. The van der Waals surface area contributed by atoms with Gasteiger partial charge in [0.15, 0.2) is 0 Å². The molecule has 0 saturated carbocycles. The molecule has 0 amide bonds. The second-order valence-corrected chi connectivity index (χ2v) is 19.6. The first kappa shape index (κ1) is 10.3. The van der Waals surface area contributed by atoms with Gasteiger partial charge in [0.1, 0.15) is 0 Å². The summed E-state index contributed by atoms with van der Waals surface area (Å²) in [7, 11) is 0. The fourth-order valence-electron chi connectivity index (χ4n) is 3.46. The molecule has 0 atom stereocenters. The Morgan fingerprint density at radius 1 is 0.385 bits per heavy atom. The first-order valence-corrected chi connectivity index (χ1v) is 14.5. The van der Waals surface area contributed by atoms with E-state index in [1.54, 1.807) is 69.1 Å². The molecule has 0 aliphatic carbocycles. The maximum atomic E-state index is 1.77. The number of hydrogen-bond acceptors (Lipinski definition) is 0. The van der Waals surface area contributed by atoms with Crippen LogP contribution in [0.15, 0.2) is 0 Å². The van der Waals surface area contributed by atoms with E-state index in [0.717, 1.165) is 0 Å². The van der Waals surface area contributed by atoms with Crippen LogP contribution in [0.4, 0.5) is 0 Å². The van der Waals surface area contributed by atoms with Gasteiger partial charge in [-0.15, -0.1) is 0 Å². The van der Waals surface area contributed by atoms with Crippen molar-refractivity contribution in [2.75, 3.05) is 0 Å². The van der Waals surface area contributed by atoms with Crippen molar-refractivity contribution in [2.24, 2.45) is 0 Å². The Morgan fingerprint density at radius 2 is 0.692 bits per heavy atom. The van der Waals surface area contributed by atoms with Gasteiger partial charge in [-0.3, -0.25) is 0 Å². The van der Waals surface area contributed by atoms with Crippen LogP contribution in [0.5, 0.6) is 0 Å². The van der Waals surface area contributed by atoms with Crippen molar-refractivity contribution in [3.8, 4) is 0 Å². The SMILES string of the molecule is C1CC[CH2][Sn]2([CH2]C1)[CH2]CCCC[CH2]2. The monoisotopic (exact) mass is 288 g/mol. The molecule has 0 N–H and O–H groups in total. The van der Waals surface area contributed by atoms with Crippen molar-refractivity contribution in [3.63, 3.8) is 0 Å². The van der Waals surface area contributed by atoms with Gasteiger partial charge in [-0.1, -0.05) is 0 Å². The van der Waals surface area contributed by atoms with E-state index >= 15 is 0 Å². The van der Waals surface area contributed by atoms with E-state index in [4.69, 9.17) is 0 Å². The third-order valence-corrected chi connectivity index (χ3v) is 20.5. The zero-order valence-corrected chi connectivity index (χ0v) is 11.8. The molecule has 0 nitrogen and oxygen atoms in total. The summed E-state index contributed by atoms with van der Waals surface area (Å²) in [5.41, 5.74) is 0. The van der Waals surface area contributed by atoms with Crippen molar-refractivity contribution >= 4 is 18.4 Å². The Hall–Kier alpha value is 0.799. The van der Waals surface area contributed by atoms with E-state index in [0.29, 0.717) is 0 Å².